The van der Waals surface area contributed by atoms with Crippen LogP contribution in [0.2, 0.25) is 0 Å². The van der Waals surface area contributed by atoms with Crippen LogP contribution in [0.4, 0.5) is 0 Å². The van der Waals surface area contributed by atoms with Crippen molar-refractivity contribution in [3.05, 3.63) is 47.6 Å². The van der Waals surface area contributed by atoms with Gasteiger partial charge in [-0.15, -0.1) is 0 Å². The van der Waals surface area contributed by atoms with Gasteiger partial charge in [0.1, 0.15) is 23.7 Å². The molecular formula is C49H75NO10. The van der Waals surface area contributed by atoms with E-state index in [-0.39, 0.29) is 72.9 Å². The Morgan fingerprint density at radius 1 is 0.817 bits per heavy atom. The lowest BCUT2D eigenvalue weighted by Crippen LogP contribution is -2.54. The van der Waals surface area contributed by atoms with Gasteiger partial charge in [-0.05, 0) is 119 Å². The number of aliphatic hydroxyl groups excluding tert-OH is 3. The van der Waals surface area contributed by atoms with Gasteiger partial charge in [0.15, 0.2) is 5.79 Å². The molecule has 15 atom stereocenters. The van der Waals surface area contributed by atoms with Gasteiger partial charge in [-0.25, -0.2) is 4.79 Å². The minimum atomic E-state index is -1.78. The average Bonchev–Trinajstić information content (AvgIpc) is 3.77. The van der Waals surface area contributed by atoms with Crippen molar-refractivity contribution >= 4 is 23.4 Å². The molecule has 2 aliphatic carbocycles. The topological polar surface area (TPSA) is 171 Å². The molecule has 4 N–H and O–H groups in total. The molecule has 0 radical (unpaired) electrons. The van der Waals surface area contributed by atoms with Gasteiger partial charge in [0.2, 0.25) is 5.91 Å². The molecule has 11 heteroatoms. The van der Waals surface area contributed by atoms with E-state index >= 15 is 0 Å². The third kappa shape index (κ3) is 12.6. The monoisotopic (exact) mass is 838 g/mol. The molecule has 1 unspecified atom stereocenters. The lowest BCUT2D eigenvalue weighted by Gasteiger charge is -2.44. The molecule has 5 rings (SSSR count). The van der Waals surface area contributed by atoms with Crippen molar-refractivity contribution in [3.63, 3.8) is 0 Å². The zero-order chi connectivity index (χ0) is 43.9. The molecule has 0 aromatic carbocycles. The van der Waals surface area contributed by atoms with E-state index in [0.717, 1.165) is 37.7 Å². The third-order valence-corrected chi connectivity index (χ3v) is 14.8. The van der Waals surface area contributed by atoms with Crippen molar-refractivity contribution in [2.45, 2.75) is 181 Å². The average molecular weight is 838 g/mol. The summed E-state index contributed by atoms with van der Waals surface area (Å²) in [6, 6.07) is -0.877. The summed E-state index contributed by atoms with van der Waals surface area (Å²) in [5.41, 5.74) is 1.27. The Morgan fingerprint density at radius 3 is 2.27 bits per heavy atom. The van der Waals surface area contributed by atoms with E-state index in [1.165, 1.54) is 4.90 Å². The first-order valence-electron chi connectivity index (χ1n) is 23.0. The molecule has 3 aliphatic heterocycles. The zero-order valence-corrected chi connectivity index (χ0v) is 37.3. The van der Waals surface area contributed by atoms with Crippen molar-refractivity contribution in [1.82, 2.24) is 4.90 Å². The van der Waals surface area contributed by atoms with Crippen molar-refractivity contribution in [3.8, 4) is 0 Å². The van der Waals surface area contributed by atoms with E-state index in [0.29, 0.717) is 56.1 Å². The molecule has 4 bridgehead atoms. The first kappa shape index (κ1) is 48.1. The van der Waals surface area contributed by atoms with Gasteiger partial charge in [-0.1, -0.05) is 71.1 Å². The zero-order valence-electron chi connectivity index (χ0n) is 37.3. The predicted octanol–water partition coefficient (Wildman–Crippen LogP) is 6.95. The molecule has 2 saturated carbocycles. The molecular weight excluding hydrogens is 763 g/mol. The number of hydrogen-bond donors (Lipinski definition) is 4. The number of hydrogen-bond acceptors (Lipinski definition) is 10. The number of aliphatic hydroxyl groups is 4. The first-order chi connectivity index (χ1) is 28.3. The molecule has 11 nitrogen and oxygen atoms in total. The van der Waals surface area contributed by atoms with Gasteiger partial charge < -0.3 is 34.8 Å². The maximum atomic E-state index is 14.3. The SMILES string of the molecule is C/C1=C\[C@@H](C)C(=O)C[C@@H]([C@H](C)C[C@H]2C[C@H]3C[C@@H]2CC3O)OC(=O)[C@@H]2CCCCN2C(=O)C[C@]2(O)O[C@@H](CC[C@H]2C)C[C@H](O)/C(C)=C/C=C/C=C/[C@@H](C)C[C@@H](C)C(=O)C[C@@H]1O. The smallest absolute Gasteiger partial charge is 0.329 e. The van der Waals surface area contributed by atoms with E-state index in [1.54, 1.807) is 19.9 Å². The number of cyclic esters (lactones) is 1. The molecule has 0 aromatic rings. The van der Waals surface area contributed by atoms with Crippen LogP contribution in [0.15, 0.2) is 47.6 Å². The summed E-state index contributed by atoms with van der Waals surface area (Å²) < 4.78 is 12.6. The largest absolute Gasteiger partial charge is 0.460 e. The van der Waals surface area contributed by atoms with Gasteiger partial charge in [0, 0.05) is 43.6 Å². The van der Waals surface area contributed by atoms with Crippen LogP contribution in [0.5, 0.6) is 0 Å². The predicted molar refractivity (Wildman–Crippen MR) is 230 cm³/mol. The van der Waals surface area contributed by atoms with Crippen molar-refractivity contribution in [1.29, 1.82) is 0 Å². The number of ether oxygens (including phenoxy) is 2. The summed E-state index contributed by atoms with van der Waals surface area (Å²) in [5, 5.41) is 44.5. The lowest BCUT2D eigenvalue weighted by atomic mass is 9.79. The number of carbonyl (C=O) groups excluding carboxylic acids is 4. The van der Waals surface area contributed by atoms with Crippen molar-refractivity contribution in [2.24, 2.45) is 47.3 Å². The summed E-state index contributed by atoms with van der Waals surface area (Å²) in [7, 11) is 0. The number of rotatable bonds is 3. The fourth-order valence-corrected chi connectivity index (χ4v) is 10.5. The van der Waals surface area contributed by atoms with Crippen LogP contribution >= 0.6 is 0 Å². The van der Waals surface area contributed by atoms with Crippen LogP contribution in [0.25, 0.3) is 0 Å². The van der Waals surface area contributed by atoms with E-state index in [1.807, 2.05) is 65.0 Å². The Balaban J connectivity index is 1.39. The van der Waals surface area contributed by atoms with Crippen LogP contribution in [0, 0.1) is 47.3 Å². The Labute approximate surface area is 358 Å². The molecule has 336 valence electrons. The number of ketones is 2. The van der Waals surface area contributed by atoms with Gasteiger partial charge >= 0.3 is 5.97 Å². The summed E-state index contributed by atoms with van der Waals surface area (Å²) in [5.74, 6) is -3.22. The van der Waals surface area contributed by atoms with Crippen molar-refractivity contribution < 1.29 is 49.1 Å². The Kier molecular flexibility index (Phi) is 17.2. The van der Waals surface area contributed by atoms with Crippen LogP contribution in [-0.2, 0) is 28.7 Å². The van der Waals surface area contributed by atoms with Crippen molar-refractivity contribution in [2.75, 3.05) is 6.54 Å². The van der Waals surface area contributed by atoms with E-state index in [9.17, 15) is 39.6 Å². The van der Waals surface area contributed by atoms with Crippen LogP contribution in [0.1, 0.15) is 138 Å². The minimum Gasteiger partial charge on any atom is -0.460 e. The van der Waals surface area contributed by atoms with Gasteiger partial charge in [-0.2, -0.15) is 0 Å². The van der Waals surface area contributed by atoms with Gasteiger partial charge in [-0.3, -0.25) is 14.4 Å². The molecule has 4 fully saturated rings. The normalized spacial score (nSPS) is 43.2. The molecule has 60 heavy (non-hydrogen) atoms. The summed E-state index contributed by atoms with van der Waals surface area (Å²) in [6.45, 7) is 13.4. The number of esters is 1. The maximum absolute atomic E-state index is 14.3. The highest BCUT2D eigenvalue weighted by molar-refractivity contribution is 5.86. The van der Waals surface area contributed by atoms with E-state index in [2.05, 4.69) is 0 Å². The lowest BCUT2D eigenvalue weighted by molar-refractivity contribution is -0.283. The number of Topliss-reactive ketones (excluding diaryl/α,β-unsaturated/α-hetero) is 2. The van der Waals surface area contributed by atoms with E-state index in [4.69, 9.17) is 9.47 Å². The van der Waals surface area contributed by atoms with Gasteiger partial charge in [0.05, 0.1) is 30.8 Å². The second-order valence-corrected chi connectivity index (χ2v) is 19.7. The first-order valence-corrected chi connectivity index (χ1v) is 23.0. The fourth-order valence-electron chi connectivity index (χ4n) is 10.5. The maximum Gasteiger partial charge on any atom is 0.329 e. The molecule has 0 aromatic heterocycles. The Bertz CT molecular complexity index is 1630. The van der Waals surface area contributed by atoms with Crippen LogP contribution in [0.3, 0.4) is 0 Å². The summed E-state index contributed by atoms with van der Waals surface area (Å²) in [6.07, 6.45) is 14.7. The molecule has 0 spiro atoms. The van der Waals surface area contributed by atoms with Gasteiger partial charge in [0.25, 0.3) is 0 Å². The molecule has 5 aliphatic rings. The number of amides is 1. The molecule has 1 amide bonds. The number of nitrogens with zero attached hydrogens (tertiary/aromatic N) is 1. The highest BCUT2D eigenvalue weighted by Gasteiger charge is 2.48. The van der Waals surface area contributed by atoms with E-state index < -0.39 is 54.0 Å². The molecule has 3 heterocycles. The standard InChI is InChI=1S/C49H75NO10/c1-29-13-9-8-10-14-30(2)41(51)25-39-17-16-35(7)49(58,60-39)28-47(56)50-18-12-11-15-40(50)48(57)59-46(34(6)21-36-22-38-23-37(36)24-45(38)55)27-44(54)33(5)20-32(4)43(53)26-42(52)31(3)19-29/h8-10,13-14,20,29,31,33-41,43,45-46,51,53,55,58H,11-12,15-19,21-28H2,1-7H3/b10-8+,13-9+,30-14+,32-20+/t29-,31-,33-,34-,35-,36+,37-,38+,39+,40+,41+,43+,45?,46+,49+/m1/s1. The molecule has 2 saturated heterocycles. The second-order valence-electron chi connectivity index (χ2n) is 19.7. The van der Waals surface area contributed by atoms with Crippen LogP contribution in [-0.4, -0.2) is 97.7 Å². The number of piperidine rings is 1. The minimum absolute atomic E-state index is 0.0401. The highest BCUT2D eigenvalue weighted by atomic mass is 16.6. The number of carbonyl (C=O) groups is 4. The Morgan fingerprint density at radius 2 is 1.57 bits per heavy atom. The number of fused-ring (bicyclic) bond motifs is 5. The highest BCUT2D eigenvalue weighted by Crippen LogP contribution is 2.51. The summed E-state index contributed by atoms with van der Waals surface area (Å²) in [4.78, 5) is 57.1. The Hall–Kier alpha value is -2.96. The number of allylic oxidation sites excluding steroid dienone is 6. The third-order valence-electron chi connectivity index (χ3n) is 14.8. The quantitative estimate of drug-likeness (QED) is 0.172. The van der Waals surface area contributed by atoms with Crippen LogP contribution < -0.4 is 0 Å². The second kappa shape index (κ2) is 21.4. The summed E-state index contributed by atoms with van der Waals surface area (Å²) >= 11 is 0. The fraction of sp³-hybridized carbons (Fsp3) is 0.755.